The van der Waals surface area contributed by atoms with E-state index in [1.807, 2.05) is 0 Å². The number of hydrogen-bond donors (Lipinski definition) is 0. The molecule has 0 bridgehead atoms. The molecule has 1 saturated carbocycles. The van der Waals surface area contributed by atoms with Crippen molar-refractivity contribution in [1.29, 1.82) is 0 Å². The number of hydrogen-bond acceptors (Lipinski definition) is 3. The van der Waals surface area contributed by atoms with Gasteiger partial charge in [-0.2, -0.15) is 11.8 Å². The van der Waals surface area contributed by atoms with Crippen molar-refractivity contribution in [1.82, 2.24) is 0 Å². The van der Waals surface area contributed by atoms with E-state index in [1.54, 1.807) is 0 Å². The lowest BCUT2D eigenvalue weighted by Crippen LogP contribution is -2.34. The van der Waals surface area contributed by atoms with Crippen LogP contribution in [0.2, 0.25) is 0 Å². The highest BCUT2D eigenvalue weighted by Crippen LogP contribution is 2.54. The molecular formula is C18H36S3. The molecule has 0 nitrogen and oxygen atoms in total. The van der Waals surface area contributed by atoms with Crippen LogP contribution in [0.5, 0.6) is 0 Å². The molecule has 0 aromatic carbocycles. The van der Waals surface area contributed by atoms with Gasteiger partial charge in [-0.1, -0.05) is 48.0 Å². The number of thioether (sulfide) groups is 3. The zero-order chi connectivity index (χ0) is 15.9. The molecule has 3 heteroatoms. The lowest BCUT2D eigenvalue weighted by molar-refractivity contribution is 0.498. The first kappa shape index (κ1) is 20.1. The molecule has 0 aromatic heterocycles. The van der Waals surface area contributed by atoms with Gasteiger partial charge in [0.05, 0.1) is 4.08 Å². The fourth-order valence-corrected chi connectivity index (χ4v) is 8.70. The van der Waals surface area contributed by atoms with Gasteiger partial charge < -0.3 is 0 Å². The molecule has 0 saturated heterocycles. The van der Waals surface area contributed by atoms with E-state index in [0.29, 0.717) is 4.08 Å². The van der Waals surface area contributed by atoms with Gasteiger partial charge in [0.25, 0.3) is 0 Å². The van der Waals surface area contributed by atoms with Crippen molar-refractivity contribution in [3.63, 3.8) is 0 Å². The Morgan fingerprint density at radius 1 is 0.905 bits per heavy atom. The van der Waals surface area contributed by atoms with Crippen LogP contribution < -0.4 is 0 Å². The first-order chi connectivity index (χ1) is 9.94. The maximum Gasteiger partial charge on any atom is 0.0627 e. The van der Waals surface area contributed by atoms with Gasteiger partial charge in [0.2, 0.25) is 0 Å². The molecule has 4 unspecified atom stereocenters. The fraction of sp³-hybridized carbons (Fsp3) is 1.00. The highest BCUT2D eigenvalue weighted by Gasteiger charge is 2.39. The third-order valence-corrected chi connectivity index (χ3v) is 9.84. The van der Waals surface area contributed by atoms with Gasteiger partial charge in [-0.3, -0.25) is 0 Å². The largest absolute Gasteiger partial charge is 0.155 e. The van der Waals surface area contributed by atoms with E-state index in [2.05, 4.69) is 76.8 Å². The van der Waals surface area contributed by atoms with Gasteiger partial charge in [-0.05, 0) is 38.5 Å². The summed E-state index contributed by atoms with van der Waals surface area (Å²) in [5.74, 6) is 0. The molecule has 0 heterocycles. The topological polar surface area (TPSA) is 0 Å². The summed E-state index contributed by atoms with van der Waals surface area (Å²) in [5, 5.41) is 3.32. The van der Waals surface area contributed by atoms with E-state index in [-0.39, 0.29) is 0 Å². The summed E-state index contributed by atoms with van der Waals surface area (Å²) in [6.45, 7) is 14.3. The second kappa shape index (κ2) is 10.0. The predicted molar refractivity (Wildman–Crippen MR) is 107 cm³/mol. The second-order valence-electron chi connectivity index (χ2n) is 6.66. The van der Waals surface area contributed by atoms with Gasteiger partial charge in [-0.15, -0.1) is 23.5 Å². The third kappa shape index (κ3) is 6.99. The fourth-order valence-electron chi connectivity index (χ4n) is 2.83. The molecule has 0 aromatic rings. The van der Waals surface area contributed by atoms with E-state index < -0.39 is 0 Å². The quantitative estimate of drug-likeness (QED) is 0.404. The van der Waals surface area contributed by atoms with Gasteiger partial charge in [0.15, 0.2) is 0 Å². The highest BCUT2D eigenvalue weighted by molar-refractivity contribution is 8.18. The summed E-state index contributed by atoms with van der Waals surface area (Å²) >= 11 is 6.86. The summed E-state index contributed by atoms with van der Waals surface area (Å²) in [6.07, 6.45) is 9.64. The van der Waals surface area contributed by atoms with Crippen LogP contribution in [0, 0.1) is 0 Å². The van der Waals surface area contributed by atoms with Crippen molar-refractivity contribution in [2.45, 2.75) is 112 Å². The molecule has 0 amide bonds. The van der Waals surface area contributed by atoms with Crippen molar-refractivity contribution in [3.8, 4) is 0 Å². The SMILES string of the molecule is CCC(C)SC1CCCC(SC(C)CC)(SC(C)CC)C1. The second-order valence-corrected chi connectivity index (χ2v) is 12.3. The maximum absolute atomic E-state index is 2.43. The average Bonchev–Trinajstić information content (AvgIpc) is 2.46. The molecule has 1 rings (SSSR count). The van der Waals surface area contributed by atoms with Crippen LogP contribution in [0.25, 0.3) is 0 Å². The standard InChI is InChI=1S/C18H36S3/c1-7-14(4)19-17-11-10-12-18(13-17,20-15(5)8-2)21-16(6)9-3/h14-17H,7-13H2,1-6H3. The van der Waals surface area contributed by atoms with Crippen LogP contribution in [0.3, 0.4) is 0 Å². The third-order valence-electron chi connectivity index (χ3n) is 4.60. The molecule has 4 atom stereocenters. The Morgan fingerprint density at radius 3 is 1.90 bits per heavy atom. The summed E-state index contributed by atoms with van der Waals surface area (Å²) in [5.41, 5.74) is 0. The molecule has 0 aliphatic heterocycles. The Balaban J connectivity index is 2.74. The van der Waals surface area contributed by atoms with Gasteiger partial charge in [-0.25, -0.2) is 0 Å². The van der Waals surface area contributed by atoms with Crippen molar-refractivity contribution in [2.24, 2.45) is 0 Å². The monoisotopic (exact) mass is 348 g/mol. The molecule has 0 spiro atoms. The van der Waals surface area contributed by atoms with Crippen molar-refractivity contribution in [3.05, 3.63) is 0 Å². The average molecular weight is 349 g/mol. The maximum atomic E-state index is 2.43. The summed E-state index contributed by atoms with van der Waals surface area (Å²) < 4.78 is 0.494. The van der Waals surface area contributed by atoms with E-state index in [1.165, 1.54) is 44.9 Å². The smallest absolute Gasteiger partial charge is 0.0627 e. The van der Waals surface area contributed by atoms with Crippen LogP contribution in [0.4, 0.5) is 0 Å². The van der Waals surface area contributed by atoms with Crippen LogP contribution in [0.15, 0.2) is 0 Å². The van der Waals surface area contributed by atoms with Gasteiger partial charge >= 0.3 is 0 Å². The molecule has 21 heavy (non-hydrogen) atoms. The molecule has 0 radical (unpaired) electrons. The van der Waals surface area contributed by atoms with E-state index in [9.17, 15) is 0 Å². The molecule has 0 N–H and O–H groups in total. The Kier molecular flexibility index (Phi) is 9.60. The first-order valence-corrected chi connectivity index (χ1v) is 11.7. The Hall–Kier alpha value is 1.05. The van der Waals surface area contributed by atoms with Gasteiger partial charge in [0.1, 0.15) is 0 Å². The minimum Gasteiger partial charge on any atom is -0.155 e. The van der Waals surface area contributed by atoms with Crippen molar-refractivity contribution >= 4 is 35.3 Å². The van der Waals surface area contributed by atoms with Crippen LogP contribution in [0.1, 0.15) is 86.5 Å². The minimum absolute atomic E-state index is 0.494. The summed E-state index contributed by atoms with van der Waals surface area (Å²) in [4.78, 5) is 0. The molecule has 126 valence electrons. The Labute approximate surface area is 146 Å². The van der Waals surface area contributed by atoms with Crippen LogP contribution in [-0.2, 0) is 0 Å². The van der Waals surface area contributed by atoms with Crippen molar-refractivity contribution in [2.75, 3.05) is 0 Å². The first-order valence-electron chi connectivity index (χ1n) is 8.95. The molecule has 1 aliphatic rings. The molecular weight excluding hydrogens is 312 g/mol. The zero-order valence-corrected chi connectivity index (χ0v) is 17.4. The van der Waals surface area contributed by atoms with Crippen molar-refractivity contribution < 1.29 is 0 Å². The summed E-state index contributed by atoms with van der Waals surface area (Å²) in [6, 6.07) is 0. The van der Waals surface area contributed by atoms with Crippen LogP contribution >= 0.6 is 35.3 Å². The Morgan fingerprint density at radius 2 is 1.43 bits per heavy atom. The lowest BCUT2D eigenvalue weighted by atomic mass is 9.99. The van der Waals surface area contributed by atoms with E-state index >= 15 is 0 Å². The Bertz CT molecular complexity index is 268. The van der Waals surface area contributed by atoms with E-state index in [0.717, 1.165) is 21.0 Å². The lowest BCUT2D eigenvalue weighted by Gasteiger charge is -2.43. The predicted octanol–water partition coefficient (Wildman–Crippen LogP) is 7.22. The molecule has 1 fully saturated rings. The molecule has 1 aliphatic carbocycles. The minimum atomic E-state index is 0.494. The zero-order valence-electron chi connectivity index (χ0n) is 15.0. The van der Waals surface area contributed by atoms with E-state index in [4.69, 9.17) is 0 Å². The number of rotatable bonds is 9. The van der Waals surface area contributed by atoms with Crippen LogP contribution in [-0.4, -0.2) is 25.1 Å². The normalized spacial score (nSPS) is 30.9. The van der Waals surface area contributed by atoms with Gasteiger partial charge in [0, 0.05) is 21.0 Å². The highest BCUT2D eigenvalue weighted by atomic mass is 32.2. The summed E-state index contributed by atoms with van der Waals surface area (Å²) in [7, 11) is 0.